The Bertz CT molecular complexity index is 746. The molecule has 0 amide bonds. The summed E-state index contributed by atoms with van der Waals surface area (Å²) in [6, 6.07) is 0.330. The molecule has 2 aromatic heterocycles. The van der Waals surface area contributed by atoms with E-state index in [0.717, 1.165) is 62.9 Å². The maximum Gasteiger partial charge on any atom is 0.191 e. The Morgan fingerprint density at radius 1 is 1.38 bits per heavy atom. The van der Waals surface area contributed by atoms with Crippen molar-refractivity contribution in [3.63, 3.8) is 0 Å². The van der Waals surface area contributed by atoms with E-state index in [0.29, 0.717) is 6.04 Å². The molecule has 4 heterocycles. The van der Waals surface area contributed by atoms with Crippen LogP contribution in [-0.4, -0.2) is 58.4 Å². The van der Waals surface area contributed by atoms with Crippen LogP contribution >= 0.6 is 11.3 Å². The lowest BCUT2D eigenvalue weighted by Crippen LogP contribution is -2.47. The number of aliphatic imine (C=N–C) groups is 1. The van der Waals surface area contributed by atoms with Crippen molar-refractivity contribution in [1.82, 2.24) is 30.4 Å². The summed E-state index contributed by atoms with van der Waals surface area (Å²) in [6.07, 6.45) is 7.11. The zero-order valence-corrected chi connectivity index (χ0v) is 16.0. The van der Waals surface area contributed by atoms with Gasteiger partial charge in [-0.15, -0.1) is 11.3 Å². The molecule has 2 N–H and O–H groups in total. The Morgan fingerprint density at radius 2 is 2.27 bits per heavy atom. The predicted octanol–water partition coefficient (Wildman–Crippen LogP) is 1.06. The van der Waals surface area contributed by atoms with Gasteiger partial charge in [-0.25, -0.2) is 14.6 Å². The molecule has 0 bridgehead atoms. The van der Waals surface area contributed by atoms with Gasteiger partial charge in [0.2, 0.25) is 0 Å². The highest BCUT2D eigenvalue weighted by atomic mass is 32.1. The van der Waals surface area contributed by atoms with Gasteiger partial charge < -0.3 is 15.5 Å². The molecule has 2 aromatic rings. The Morgan fingerprint density at radius 3 is 3.12 bits per heavy atom. The minimum absolute atomic E-state index is 0.330. The summed E-state index contributed by atoms with van der Waals surface area (Å²) < 4.78 is 1.98. The lowest BCUT2D eigenvalue weighted by molar-refractivity contribution is 0.393. The average Bonchev–Trinajstić information content (AvgIpc) is 3.40. The van der Waals surface area contributed by atoms with E-state index >= 15 is 0 Å². The van der Waals surface area contributed by atoms with Crippen molar-refractivity contribution in [1.29, 1.82) is 0 Å². The average molecular weight is 375 g/mol. The number of aryl methyl sites for hydroxylation is 1. The molecule has 1 fully saturated rings. The van der Waals surface area contributed by atoms with Crippen molar-refractivity contribution < 1.29 is 0 Å². The van der Waals surface area contributed by atoms with Crippen LogP contribution in [0.5, 0.6) is 0 Å². The van der Waals surface area contributed by atoms with E-state index in [1.165, 1.54) is 18.0 Å². The fraction of sp³-hybridized carbons (Fsp3) is 0.647. The summed E-state index contributed by atoms with van der Waals surface area (Å²) in [5, 5.41) is 14.5. The molecule has 1 saturated heterocycles. The fourth-order valence-corrected chi connectivity index (χ4v) is 4.43. The third kappa shape index (κ3) is 3.98. The van der Waals surface area contributed by atoms with Crippen LogP contribution < -0.4 is 15.5 Å². The van der Waals surface area contributed by atoms with Gasteiger partial charge in [0.15, 0.2) is 11.1 Å². The molecule has 4 rings (SSSR count). The number of aromatic nitrogens is 4. The highest BCUT2D eigenvalue weighted by molar-refractivity contribution is 7.13. The second-order valence-corrected chi connectivity index (χ2v) is 7.64. The topological polar surface area (TPSA) is 83.3 Å². The van der Waals surface area contributed by atoms with Gasteiger partial charge in [0.25, 0.3) is 0 Å². The third-order valence-corrected chi connectivity index (χ3v) is 5.91. The molecule has 2 aliphatic heterocycles. The number of hydrogen-bond acceptors (Lipinski definition) is 6. The van der Waals surface area contributed by atoms with E-state index in [1.54, 1.807) is 17.7 Å². The molecule has 0 radical (unpaired) electrons. The largest absolute Gasteiger partial charge is 0.356 e. The summed E-state index contributed by atoms with van der Waals surface area (Å²) in [5.74, 6) is 1.91. The summed E-state index contributed by atoms with van der Waals surface area (Å²) in [4.78, 5) is 15.8. The van der Waals surface area contributed by atoms with Crippen LogP contribution in [0.1, 0.15) is 30.8 Å². The third-order valence-electron chi connectivity index (χ3n) is 4.96. The van der Waals surface area contributed by atoms with Crippen LogP contribution in [0.2, 0.25) is 0 Å². The van der Waals surface area contributed by atoms with Gasteiger partial charge >= 0.3 is 0 Å². The van der Waals surface area contributed by atoms with Gasteiger partial charge in [-0.3, -0.25) is 4.99 Å². The van der Waals surface area contributed by atoms with E-state index < -0.39 is 0 Å². The Labute approximate surface area is 157 Å². The molecule has 0 spiro atoms. The number of guanidine groups is 1. The summed E-state index contributed by atoms with van der Waals surface area (Å²) >= 11 is 1.76. The van der Waals surface area contributed by atoms with Crippen LogP contribution in [0.15, 0.2) is 16.7 Å². The number of thiazole rings is 1. The first-order valence-corrected chi connectivity index (χ1v) is 10.2. The molecule has 140 valence electrons. The van der Waals surface area contributed by atoms with Crippen LogP contribution in [0.25, 0.3) is 0 Å². The molecule has 0 saturated carbocycles. The number of nitrogens with zero attached hydrogens (tertiary/aromatic N) is 6. The van der Waals surface area contributed by atoms with Gasteiger partial charge in [-0.1, -0.05) is 0 Å². The first kappa shape index (κ1) is 17.3. The van der Waals surface area contributed by atoms with Crippen LogP contribution in [-0.2, 0) is 19.4 Å². The standard InChI is InChI=1S/C17H26N8S/c1-18-16(22-13-4-5-15-20-12-21-25(15)10-13)19-7-6-14-11-26-17(23-14)24-8-2-3-9-24/h11-13H,2-10H2,1H3,(H2,18,19,22). The van der Waals surface area contributed by atoms with Crippen molar-refractivity contribution in [2.75, 3.05) is 31.6 Å². The van der Waals surface area contributed by atoms with Gasteiger partial charge in [0.1, 0.15) is 12.2 Å². The van der Waals surface area contributed by atoms with Gasteiger partial charge in [0, 0.05) is 50.9 Å². The zero-order valence-electron chi connectivity index (χ0n) is 15.2. The smallest absolute Gasteiger partial charge is 0.191 e. The van der Waals surface area contributed by atoms with Crippen molar-refractivity contribution >= 4 is 22.4 Å². The van der Waals surface area contributed by atoms with Crippen molar-refractivity contribution in [3.05, 3.63) is 23.2 Å². The molecule has 0 aromatic carbocycles. The number of rotatable bonds is 5. The number of hydrogen-bond donors (Lipinski definition) is 2. The Kier molecular flexibility index (Phi) is 5.33. The molecule has 9 heteroatoms. The van der Waals surface area contributed by atoms with Gasteiger partial charge in [-0.05, 0) is 19.3 Å². The highest BCUT2D eigenvalue weighted by Crippen LogP contribution is 2.24. The summed E-state index contributed by atoms with van der Waals surface area (Å²) in [7, 11) is 1.81. The van der Waals surface area contributed by atoms with Crippen LogP contribution in [0.4, 0.5) is 5.13 Å². The maximum atomic E-state index is 4.78. The lowest BCUT2D eigenvalue weighted by Gasteiger charge is -2.25. The quantitative estimate of drug-likeness (QED) is 0.601. The molecular formula is C17H26N8S. The number of fused-ring (bicyclic) bond motifs is 1. The summed E-state index contributed by atoms with van der Waals surface area (Å²) in [6.45, 7) is 3.96. The molecule has 0 aliphatic carbocycles. The Hall–Kier alpha value is -2.16. The van der Waals surface area contributed by atoms with Crippen molar-refractivity contribution in [3.8, 4) is 0 Å². The van der Waals surface area contributed by atoms with E-state index in [1.807, 2.05) is 11.7 Å². The van der Waals surface area contributed by atoms with Gasteiger partial charge in [-0.2, -0.15) is 5.10 Å². The maximum absolute atomic E-state index is 4.78. The van der Waals surface area contributed by atoms with Crippen molar-refractivity contribution in [2.24, 2.45) is 4.99 Å². The molecule has 1 atom stereocenters. The minimum atomic E-state index is 0.330. The second kappa shape index (κ2) is 8.03. The SMILES string of the molecule is CN=C(NCCc1csc(N2CCCC2)n1)NC1CCc2ncnn2C1. The first-order chi connectivity index (χ1) is 12.8. The van der Waals surface area contributed by atoms with E-state index in [2.05, 4.69) is 36.0 Å². The molecule has 8 nitrogen and oxygen atoms in total. The van der Waals surface area contributed by atoms with E-state index in [4.69, 9.17) is 4.98 Å². The molecule has 1 unspecified atom stereocenters. The molecular weight excluding hydrogens is 348 g/mol. The van der Waals surface area contributed by atoms with Crippen molar-refractivity contribution in [2.45, 2.75) is 44.7 Å². The first-order valence-electron chi connectivity index (χ1n) is 9.35. The van der Waals surface area contributed by atoms with Crippen LogP contribution in [0.3, 0.4) is 0 Å². The highest BCUT2D eigenvalue weighted by Gasteiger charge is 2.20. The van der Waals surface area contributed by atoms with E-state index in [9.17, 15) is 0 Å². The lowest BCUT2D eigenvalue weighted by atomic mass is 10.1. The normalized spacial score (nSPS) is 20.3. The zero-order chi connectivity index (χ0) is 17.8. The molecule has 26 heavy (non-hydrogen) atoms. The van der Waals surface area contributed by atoms with Crippen LogP contribution in [0, 0.1) is 0 Å². The fourth-order valence-electron chi connectivity index (χ4n) is 3.52. The van der Waals surface area contributed by atoms with Gasteiger partial charge in [0.05, 0.1) is 12.2 Å². The number of anilines is 1. The molecule has 2 aliphatic rings. The van der Waals surface area contributed by atoms with E-state index in [-0.39, 0.29) is 0 Å². The minimum Gasteiger partial charge on any atom is -0.356 e. The Balaban J connectivity index is 1.23. The predicted molar refractivity (Wildman–Crippen MR) is 104 cm³/mol. The second-order valence-electron chi connectivity index (χ2n) is 6.80. The summed E-state index contributed by atoms with van der Waals surface area (Å²) in [5.41, 5.74) is 1.16. The monoisotopic (exact) mass is 374 g/mol. The number of nitrogens with one attached hydrogen (secondary N) is 2.